The number of hydrogen-bond acceptors (Lipinski definition) is 8. The van der Waals surface area contributed by atoms with E-state index in [-0.39, 0.29) is 24.8 Å². The molecule has 0 atom stereocenters. The summed E-state index contributed by atoms with van der Waals surface area (Å²) in [5, 5.41) is 20.9. The number of nitro groups is 1. The molecule has 3 aromatic carbocycles. The molecule has 7 rings (SSSR count). The Morgan fingerprint density at radius 2 is 1.87 bits per heavy atom. The fourth-order valence-corrected chi connectivity index (χ4v) is 9.04. The molecule has 1 aliphatic heterocycles. The summed E-state index contributed by atoms with van der Waals surface area (Å²) in [5.41, 5.74) is 8.30. The van der Waals surface area contributed by atoms with Crippen LogP contribution in [0.3, 0.4) is 0 Å². The largest absolute Gasteiger partial charge is 0.394 e. The zero-order chi connectivity index (χ0) is 39.0. The topological polar surface area (TPSA) is 120 Å². The van der Waals surface area contributed by atoms with Crippen LogP contribution in [0.2, 0.25) is 0 Å². The van der Waals surface area contributed by atoms with Crippen molar-refractivity contribution in [2.75, 3.05) is 31.3 Å². The van der Waals surface area contributed by atoms with Gasteiger partial charge in [0.05, 0.1) is 32.1 Å². The van der Waals surface area contributed by atoms with E-state index < -0.39 is 10.3 Å². The molecule has 0 radical (unpaired) electrons. The zero-order valence-corrected chi connectivity index (χ0v) is 34.0. The minimum absolute atomic E-state index is 0.0596. The first-order chi connectivity index (χ1) is 26.4. The molecule has 0 saturated carbocycles. The highest BCUT2D eigenvalue weighted by Crippen LogP contribution is 2.51. The van der Waals surface area contributed by atoms with Crippen LogP contribution in [0.4, 0.5) is 11.5 Å². The fraction of sp³-hybridized carbons (Fsp3) is 0.310. The standard InChI is InChI=1S/C42H44BrN6O5S/c1-6-46-35-20-27(2)12-14-34(35)48(24-28-10-8-7-9-11-28)39(46)23-31-40(51)30(41(31)55-26-38-44-37(49(52)53)25-45(38)5)22-36-42(3,4)32-21-29(43)13-15-33(32)47(36)16-18-54-19-17-50/h7-15,20-23,25,50H,6,16-19,24,26H2,1-5H3/q+1. The number of aliphatic hydroxyl groups is 1. The predicted octanol–water partition coefficient (Wildman–Crippen LogP) is 7.55. The first kappa shape index (κ1) is 38.5. The maximum absolute atomic E-state index is 14.6. The molecule has 0 fully saturated rings. The number of carbonyl (C=O) groups excluding carboxylic acids is 1. The van der Waals surface area contributed by atoms with Gasteiger partial charge in [-0.05, 0) is 76.9 Å². The van der Waals surface area contributed by atoms with Gasteiger partial charge < -0.3 is 29.4 Å². The molecule has 1 aliphatic carbocycles. The van der Waals surface area contributed by atoms with Gasteiger partial charge in [-0.3, -0.25) is 4.79 Å². The summed E-state index contributed by atoms with van der Waals surface area (Å²) in [6, 6.07) is 23.0. The van der Waals surface area contributed by atoms with Crippen LogP contribution in [-0.2, 0) is 40.8 Å². The third kappa shape index (κ3) is 7.33. The summed E-state index contributed by atoms with van der Waals surface area (Å²) >= 11 is 5.12. The van der Waals surface area contributed by atoms with Crippen molar-refractivity contribution in [2.24, 2.45) is 7.05 Å². The quantitative estimate of drug-likeness (QED) is 0.0401. The lowest BCUT2D eigenvalue weighted by atomic mass is 9.81. The van der Waals surface area contributed by atoms with Crippen molar-refractivity contribution in [2.45, 2.75) is 52.0 Å². The number of aromatic nitrogens is 4. The van der Waals surface area contributed by atoms with E-state index in [1.807, 2.05) is 36.4 Å². The van der Waals surface area contributed by atoms with E-state index in [4.69, 9.17) is 4.74 Å². The molecule has 13 heteroatoms. The number of ether oxygens (including phenoxy) is 1. The molecule has 55 heavy (non-hydrogen) atoms. The van der Waals surface area contributed by atoms with Crippen LogP contribution < -0.4 is 9.47 Å². The van der Waals surface area contributed by atoms with Crippen LogP contribution in [0.25, 0.3) is 17.1 Å². The van der Waals surface area contributed by atoms with E-state index in [2.05, 4.69) is 105 Å². The van der Waals surface area contributed by atoms with Gasteiger partial charge in [0.2, 0.25) is 5.82 Å². The molecule has 2 aliphatic rings. The molecule has 5 aromatic rings. The van der Waals surface area contributed by atoms with Crippen molar-refractivity contribution in [1.29, 1.82) is 0 Å². The molecular weight excluding hydrogens is 780 g/mol. The number of thioether (sulfide) groups is 1. The number of carbonyl (C=O) groups is 1. The molecule has 1 N–H and O–H groups in total. The summed E-state index contributed by atoms with van der Waals surface area (Å²) in [6.45, 7) is 10.9. The Balaban J connectivity index is 1.39. The first-order valence-electron chi connectivity index (χ1n) is 18.3. The monoisotopic (exact) mass is 823 g/mol. The zero-order valence-electron chi connectivity index (χ0n) is 31.6. The van der Waals surface area contributed by atoms with Gasteiger partial charge in [0, 0.05) is 57.0 Å². The number of nitrogens with zero attached hydrogens (tertiary/aromatic N) is 6. The Kier molecular flexibility index (Phi) is 11.0. The van der Waals surface area contributed by atoms with E-state index in [1.54, 1.807) is 11.6 Å². The van der Waals surface area contributed by atoms with Gasteiger partial charge >= 0.3 is 5.82 Å². The molecule has 2 aromatic heterocycles. The van der Waals surface area contributed by atoms with Gasteiger partial charge in [0.25, 0.3) is 5.82 Å². The van der Waals surface area contributed by atoms with Crippen LogP contribution in [0, 0.1) is 17.0 Å². The molecule has 0 amide bonds. The van der Waals surface area contributed by atoms with E-state index in [1.165, 1.54) is 18.0 Å². The lowest BCUT2D eigenvalue weighted by Gasteiger charge is -2.30. The van der Waals surface area contributed by atoms with E-state index in [9.17, 15) is 20.0 Å². The average Bonchev–Trinajstić information content (AvgIpc) is 3.75. The van der Waals surface area contributed by atoms with Gasteiger partial charge in [-0.2, -0.15) is 0 Å². The first-order valence-corrected chi connectivity index (χ1v) is 20.1. The normalized spacial score (nSPS) is 16.5. The number of aliphatic hydroxyl groups excluding tert-OH is 1. The summed E-state index contributed by atoms with van der Waals surface area (Å²) < 4.78 is 12.9. The molecule has 0 unspecified atom stereocenters. The highest BCUT2D eigenvalue weighted by molar-refractivity contribution is 9.10. The van der Waals surface area contributed by atoms with Crippen LogP contribution in [0.1, 0.15) is 49.1 Å². The number of anilines is 1. The summed E-state index contributed by atoms with van der Waals surface area (Å²) in [5.74, 6) is 1.49. The Morgan fingerprint density at radius 3 is 2.58 bits per heavy atom. The number of halogens is 1. The van der Waals surface area contributed by atoms with Crippen molar-refractivity contribution >= 4 is 62.1 Å². The maximum atomic E-state index is 14.6. The number of allylic oxidation sites excluding steroid dienone is 4. The SMILES string of the molecule is CCn1c(C=C2C(=O)C(C=C3N(CCOCCO)c4ccc(Br)cc4C3(C)C)=C2SCc2nc([N+](=O)[O-])cn2C)[n+](Cc2ccccc2)c2ccc(C)cc21. The second-order valence-electron chi connectivity index (χ2n) is 14.3. The lowest BCUT2D eigenvalue weighted by Crippen LogP contribution is -2.37. The van der Waals surface area contributed by atoms with Crippen LogP contribution in [0.15, 0.2) is 105 Å². The third-order valence-electron chi connectivity index (χ3n) is 10.3. The van der Waals surface area contributed by atoms with Crippen LogP contribution in [-0.4, -0.2) is 56.3 Å². The number of Topliss-reactive ketones (excluding diaryl/α,β-unsaturated/α-hetero) is 1. The van der Waals surface area contributed by atoms with Gasteiger partial charge in [0.15, 0.2) is 16.8 Å². The Hall–Kier alpha value is -4.82. The van der Waals surface area contributed by atoms with Crippen molar-refractivity contribution in [3.05, 3.63) is 144 Å². The van der Waals surface area contributed by atoms with Gasteiger partial charge in [-0.1, -0.05) is 66.2 Å². The van der Waals surface area contributed by atoms with E-state index >= 15 is 0 Å². The Labute approximate surface area is 332 Å². The van der Waals surface area contributed by atoms with Crippen molar-refractivity contribution in [3.63, 3.8) is 0 Å². The number of imidazole rings is 2. The molecule has 3 heterocycles. The van der Waals surface area contributed by atoms with Gasteiger partial charge in [-0.15, -0.1) is 11.8 Å². The van der Waals surface area contributed by atoms with Crippen molar-refractivity contribution in [1.82, 2.24) is 14.1 Å². The number of hydrogen-bond donors (Lipinski definition) is 1. The van der Waals surface area contributed by atoms with Gasteiger partial charge in [-0.25, -0.2) is 9.13 Å². The molecule has 11 nitrogen and oxygen atoms in total. The predicted molar refractivity (Wildman–Crippen MR) is 220 cm³/mol. The Morgan fingerprint density at radius 1 is 1.09 bits per heavy atom. The van der Waals surface area contributed by atoms with E-state index in [0.717, 1.165) is 54.3 Å². The van der Waals surface area contributed by atoms with Crippen molar-refractivity contribution in [3.8, 4) is 0 Å². The number of fused-ring (bicyclic) bond motifs is 2. The molecule has 284 valence electrons. The minimum Gasteiger partial charge on any atom is -0.394 e. The third-order valence-corrected chi connectivity index (χ3v) is 12.0. The van der Waals surface area contributed by atoms with Crippen LogP contribution >= 0.6 is 27.7 Å². The lowest BCUT2D eigenvalue weighted by molar-refractivity contribution is -0.665. The number of aryl methyl sites for hydroxylation is 3. The fourth-order valence-electron chi connectivity index (χ4n) is 7.53. The molecule has 0 spiro atoms. The second-order valence-corrected chi connectivity index (χ2v) is 16.2. The number of benzene rings is 3. The smallest absolute Gasteiger partial charge is 0.381 e. The Bertz CT molecular complexity index is 2410. The van der Waals surface area contributed by atoms with Crippen LogP contribution in [0.5, 0.6) is 0 Å². The molecule has 0 saturated heterocycles. The summed E-state index contributed by atoms with van der Waals surface area (Å²) in [7, 11) is 1.75. The molecular formula is C42H44BrN6O5S+. The minimum atomic E-state index is -0.491. The maximum Gasteiger partial charge on any atom is 0.381 e. The highest BCUT2D eigenvalue weighted by atomic mass is 79.9. The molecule has 0 bridgehead atoms. The average molecular weight is 825 g/mol. The summed E-state index contributed by atoms with van der Waals surface area (Å²) in [6.07, 6.45) is 5.44. The van der Waals surface area contributed by atoms with E-state index in [0.29, 0.717) is 49.0 Å². The number of rotatable bonds is 14. The van der Waals surface area contributed by atoms with Crippen molar-refractivity contribution < 1.29 is 24.1 Å². The number of ketones is 1. The van der Waals surface area contributed by atoms with Gasteiger partial charge in [0.1, 0.15) is 12.7 Å². The second kappa shape index (κ2) is 15.7. The summed E-state index contributed by atoms with van der Waals surface area (Å²) in [4.78, 5) is 33.0. The highest BCUT2D eigenvalue weighted by Gasteiger charge is 2.43.